The molecule has 0 radical (unpaired) electrons. The molecule has 0 amide bonds. The first-order chi connectivity index (χ1) is 6.66. The number of rotatable bonds is 2. The number of nitrogens with zero attached hydrogens (tertiary/aromatic N) is 3. The van der Waals surface area contributed by atoms with Gasteiger partial charge in [0.1, 0.15) is 5.82 Å². The zero-order valence-corrected chi connectivity index (χ0v) is 8.23. The number of hydrogen-bond acceptors (Lipinski definition) is 4. The van der Waals surface area contributed by atoms with E-state index in [4.69, 9.17) is 5.73 Å². The first-order valence-corrected chi connectivity index (χ1v) is 4.52. The van der Waals surface area contributed by atoms with Crippen molar-refractivity contribution in [2.45, 2.75) is 19.9 Å². The Morgan fingerprint density at radius 2 is 2.29 bits per heavy atom. The highest BCUT2D eigenvalue weighted by Crippen LogP contribution is 2.14. The third-order valence-corrected chi connectivity index (χ3v) is 1.82. The van der Waals surface area contributed by atoms with E-state index in [9.17, 15) is 0 Å². The van der Waals surface area contributed by atoms with Gasteiger partial charge in [-0.05, 0) is 13.8 Å². The van der Waals surface area contributed by atoms with Crippen LogP contribution in [0.5, 0.6) is 0 Å². The highest BCUT2D eigenvalue weighted by atomic mass is 15.1. The Hall–Kier alpha value is -1.78. The fourth-order valence-corrected chi connectivity index (χ4v) is 1.32. The molecule has 0 bridgehead atoms. The van der Waals surface area contributed by atoms with Crippen LogP contribution in [0.3, 0.4) is 0 Å². The molecule has 5 heteroatoms. The highest BCUT2D eigenvalue weighted by molar-refractivity contribution is 5.64. The summed E-state index contributed by atoms with van der Waals surface area (Å²) in [5, 5.41) is 3.20. The van der Waals surface area contributed by atoms with Crippen molar-refractivity contribution in [3.63, 3.8) is 0 Å². The van der Waals surface area contributed by atoms with E-state index in [0.29, 0.717) is 11.9 Å². The van der Waals surface area contributed by atoms with Crippen molar-refractivity contribution < 1.29 is 0 Å². The maximum Gasteiger partial charge on any atom is 0.180 e. The van der Waals surface area contributed by atoms with Gasteiger partial charge in [0.25, 0.3) is 0 Å². The van der Waals surface area contributed by atoms with Crippen LogP contribution in [-0.4, -0.2) is 20.4 Å². The van der Waals surface area contributed by atoms with Crippen LogP contribution in [0.15, 0.2) is 18.6 Å². The SMILES string of the molecule is CC(C)Nc1nc(N)cn2ccnc12. The van der Waals surface area contributed by atoms with Gasteiger partial charge < -0.3 is 15.5 Å². The monoisotopic (exact) mass is 191 g/mol. The van der Waals surface area contributed by atoms with Crippen LogP contribution < -0.4 is 11.1 Å². The molecular weight excluding hydrogens is 178 g/mol. The van der Waals surface area contributed by atoms with Crippen LogP contribution in [0.2, 0.25) is 0 Å². The predicted molar refractivity (Wildman–Crippen MR) is 56.2 cm³/mol. The quantitative estimate of drug-likeness (QED) is 0.746. The van der Waals surface area contributed by atoms with Gasteiger partial charge in [0.05, 0.1) is 6.20 Å². The van der Waals surface area contributed by atoms with Crippen LogP contribution in [0, 0.1) is 0 Å². The summed E-state index contributed by atoms with van der Waals surface area (Å²) in [6.07, 6.45) is 5.31. The van der Waals surface area contributed by atoms with Gasteiger partial charge in [-0.1, -0.05) is 0 Å². The molecule has 0 spiro atoms. The molecule has 0 fully saturated rings. The maximum absolute atomic E-state index is 5.66. The number of anilines is 2. The second-order valence-corrected chi connectivity index (χ2v) is 3.47. The van der Waals surface area contributed by atoms with E-state index in [2.05, 4.69) is 15.3 Å². The third-order valence-electron chi connectivity index (χ3n) is 1.82. The van der Waals surface area contributed by atoms with E-state index >= 15 is 0 Å². The van der Waals surface area contributed by atoms with Gasteiger partial charge >= 0.3 is 0 Å². The molecule has 0 aliphatic carbocycles. The summed E-state index contributed by atoms with van der Waals surface area (Å²) < 4.78 is 1.85. The van der Waals surface area contributed by atoms with Crippen LogP contribution >= 0.6 is 0 Å². The molecule has 14 heavy (non-hydrogen) atoms. The first kappa shape index (κ1) is 8.80. The second-order valence-electron chi connectivity index (χ2n) is 3.47. The van der Waals surface area contributed by atoms with E-state index in [0.717, 1.165) is 11.5 Å². The number of nitrogens with one attached hydrogen (secondary N) is 1. The summed E-state index contributed by atoms with van der Waals surface area (Å²) in [6.45, 7) is 4.09. The minimum atomic E-state index is 0.310. The van der Waals surface area contributed by atoms with Crippen molar-refractivity contribution in [1.82, 2.24) is 14.4 Å². The molecule has 3 N–H and O–H groups in total. The smallest absolute Gasteiger partial charge is 0.180 e. The molecule has 0 aliphatic rings. The fourth-order valence-electron chi connectivity index (χ4n) is 1.32. The molecule has 0 aromatic carbocycles. The second kappa shape index (κ2) is 3.17. The molecule has 0 saturated carbocycles. The molecule has 2 heterocycles. The lowest BCUT2D eigenvalue weighted by Gasteiger charge is -2.10. The van der Waals surface area contributed by atoms with Crippen LogP contribution in [0.1, 0.15) is 13.8 Å². The number of nitrogen functional groups attached to an aromatic ring is 1. The first-order valence-electron chi connectivity index (χ1n) is 4.52. The van der Waals surface area contributed by atoms with E-state index < -0.39 is 0 Å². The third kappa shape index (κ3) is 1.48. The van der Waals surface area contributed by atoms with E-state index in [-0.39, 0.29) is 0 Å². The summed E-state index contributed by atoms with van der Waals surface area (Å²) in [4.78, 5) is 8.39. The van der Waals surface area contributed by atoms with Crippen molar-refractivity contribution >= 4 is 17.3 Å². The zero-order chi connectivity index (χ0) is 10.1. The summed E-state index contributed by atoms with van der Waals surface area (Å²) in [7, 11) is 0. The summed E-state index contributed by atoms with van der Waals surface area (Å²) in [6, 6.07) is 0.310. The van der Waals surface area contributed by atoms with Crippen LogP contribution in [0.4, 0.5) is 11.6 Å². The molecule has 0 unspecified atom stereocenters. The van der Waals surface area contributed by atoms with E-state index in [1.807, 2.05) is 24.4 Å². The Bertz CT molecular complexity index is 445. The van der Waals surface area contributed by atoms with E-state index in [1.54, 1.807) is 12.4 Å². The standard InChI is InChI=1S/C9H13N5/c1-6(2)12-8-9-11-3-4-14(9)5-7(10)13-8/h3-6H,10H2,1-2H3,(H,12,13). The highest BCUT2D eigenvalue weighted by Gasteiger charge is 2.06. The lowest BCUT2D eigenvalue weighted by molar-refractivity contribution is 0.887. The predicted octanol–water partition coefficient (Wildman–Crippen LogP) is 1.13. The molecule has 2 aromatic heterocycles. The number of imidazole rings is 1. The van der Waals surface area contributed by atoms with Gasteiger partial charge in [-0.25, -0.2) is 9.97 Å². The summed E-state index contributed by atoms with van der Waals surface area (Å²) in [5.74, 6) is 1.21. The molecule has 2 aromatic rings. The zero-order valence-electron chi connectivity index (χ0n) is 8.23. The molecule has 0 aliphatic heterocycles. The molecular formula is C9H13N5. The van der Waals surface area contributed by atoms with Crippen LogP contribution in [-0.2, 0) is 0 Å². The Balaban J connectivity index is 2.55. The van der Waals surface area contributed by atoms with Crippen molar-refractivity contribution in [3.8, 4) is 0 Å². The van der Waals surface area contributed by atoms with Gasteiger partial charge in [-0.2, -0.15) is 0 Å². The lowest BCUT2D eigenvalue weighted by atomic mass is 10.4. The van der Waals surface area contributed by atoms with Gasteiger partial charge in [0, 0.05) is 18.4 Å². The van der Waals surface area contributed by atoms with Gasteiger partial charge in [0.2, 0.25) is 0 Å². The van der Waals surface area contributed by atoms with Crippen LogP contribution in [0.25, 0.3) is 5.65 Å². The Kier molecular flexibility index (Phi) is 1.99. The molecule has 2 rings (SSSR count). The average molecular weight is 191 g/mol. The molecule has 5 nitrogen and oxygen atoms in total. The molecule has 0 atom stereocenters. The van der Waals surface area contributed by atoms with Gasteiger partial charge in [-0.15, -0.1) is 0 Å². The number of aromatic nitrogens is 3. The van der Waals surface area contributed by atoms with E-state index in [1.165, 1.54) is 0 Å². The Morgan fingerprint density at radius 1 is 1.50 bits per heavy atom. The molecule has 0 saturated heterocycles. The largest absolute Gasteiger partial charge is 0.382 e. The number of nitrogens with two attached hydrogens (primary N) is 1. The van der Waals surface area contributed by atoms with Crippen molar-refractivity contribution in [3.05, 3.63) is 18.6 Å². The Labute approximate surface area is 82.0 Å². The lowest BCUT2D eigenvalue weighted by Crippen LogP contribution is -2.13. The Morgan fingerprint density at radius 3 is 3.00 bits per heavy atom. The molecule has 74 valence electrons. The summed E-state index contributed by atoms with van der Waals surface area (Å²) in [5.41, 5.74) is 6.46. The minimum Gasteiger partial charge on any atom is -0.382 e. The number of hydrogen-bond donors (Lipinski definition) is 2. The van der Waals surface area contributed by atoms with Crippen molar-refractivity contribution in [2.75, 3.05) is 11.1 Å². The van der Waals surface area contributed by atoms with Gasteiger partial charge in [0.15, 0.2) is 11.5 Å². The summed E-state index contributed by atoms with van der Waals surface area (Å²) >= 11 is 0. The number of fused-ring (bicyclic) bond motifs is 1. The minimum absolute atomic E-state index is 0.310. The average Bonchev–Trinajstić information content (AvgIpc) is 2.50. The topological polar surface area (TPSA) is 68.2 Å². The van der Waals surface area contributed by atoms with Gasteiger partial charge in [-0.3, -0.25) is 0 Å². The van der Waals surface area contributed by atoms with Crippen molar-refractivity contribution in [2.24, 2.45) is 0 Å². The van der Waals surface area contributed by atoms with Crippen molar-refractivity contribution in [1.29, 1.82) is 0 Å². The maximum atomic E-state index is 5.66. The fraction of sp³-hybridized carbons (Fsp3) is 0.333. The normalized spacial score (nSPS) is 11.1.